The Labute approximate surface area is 103 Å². The summed E-state index contributed by atoms with van der Waals surface area (Å²) in [6.07, 6.45) is 8.84. The molecule has 0 saturated heterocycles. The Morgan fingerprint density at radius 2 is 1.88 bits per heavy atom. The van der Waals surface area contributed by atoms with Gasteiger partial charge in [-0.3, -0.25) is 4.98 Å². The molecular formula is C14H22N2O. The van der Waals surface area contributed by atoms with Crippen LogP contribution in [-0.4, -0.2) is 18.1 Å². The van der Waals surface area contributed by atoms with Gasteiger partial charge in [-0.05, 0) is 48.9 Å². The zero-order chi connectivity index (χ0) is 11.9. The Kier molecular flexibility index (Phi) is 4.95. The second-order valence-corrected chi connectivity index (χ2v) is 4.91. The Bertz CT molecular complexity index is 315. The van der Waals surface area contributed by atoms with Gasteiger partial charge in [0.1, 0.15) is 0 Å². The standard InChI is InChI=1S/C14H22N2O/c15-9-13-3-1-2-4-14(13)11-17-10-12-5-7-16-8-6-12/h5-8,13-14H,1-4,9-11,15H2. The molecule has 3 nitrogen and oxygen atoms in total. The lowest BCUT2D eigenvalue weighted by atomic mass is 9.80. The normalized spacial score (nSPS) is 24.8. The van der Waals surface area contributed by atoms with Crippen molar-refractivity contribution in [3.63, 3.8) is 0 Å². The minimum atomic E-state index is 0.663. The van der Waals surface area contributed by atoms with Crippen molar-refractivity contribution in [1.82, 2.24) is 4.98 Å². The Morgan fingerprint density at radius 1 is 1.18 bits per heavy atom. The summed E-state index contributed by atoms with van der Waals surface area (Å²) in [5, 5.41) is 0. The minimum absolute atomic E-state index is 0.663. The van der Waals surface area contributed by atoms with Gasteiger partial charge >= 0.3 is 0 Å². The van der Waals surface area contributed by atoms with E-state index in [0.29, 0.717) is 18.4 Å². The molecule has 0 aliphatic heterocycles. The largest absolute Gasteiger partial charge is 0.376 e. The first-order chi connectivity index (χ1) is 8.40. The van der Waals surface area contributed by atoms with Crippen LogP contribution in [-0.2, 0) is 11.3 Å². The third kappa shape index (κ3) is 3.79. The van der Waals surface area contributed by atoms with Crippen molar-refractivity contribution in [2.45, 2.75) is 32.3 Å². The molecule has 1 aromatic heterocycles. The van der Waals surface area contributed by atoms with Crippen LogP contribution in [0, 0.1) is 11.8 Å². The molecule has 1 aliphatic carbocycles. The van der Waals surface area contributed by atoms with Crippen molar-refractivity contribution in [2.75, 3.05) is 13.2 Å². The van der Waals surface area contributed by atoms with Gasteiger partial charge in [0.25, 0.3) is 0 Å². The molecule has 1 saturated carbocycles. The third-order valence-corrected chi connectivity index (χ3v) is 3.72. The average Bonchev–Trinajstić information content (AvgIpc) is 2.40. The molecule has 2 rings (SSSR count). The summed E-state index contributed by atoms with van der Waals surface area (Å²) in [6.45, 7) is 2.35. The first kappa shape index (κ1) is 12.5. The molecule has 0 bridgehead atoms. The monoisotopic (exact) mass is 234 g/mol. The van der Waals surface area contributed by atoms with Crippen LogP contribution >= 0.6 is 0 Å². The van der Waals surface area contributed by atoms with Crippen molar-refractivity contribution in [3.05, 3.63) is 30.1 Å². The predicted octanol–water partition coefficient (Wildman–Crippen LogP) is 2.36. The van der Waals surface area contributed by atoms with Gasteiger partial charge in [-0.2, -0.15) is 0 Å². The molecule has 1 aromatic rings. The van der Waals surface area contributed by atoms with E-state index in [0.717, 1.165) is 13.2 Å². The lowest BCUT2D eigenvalue weighted by Gasteiger charge is -2.30. The van der Waals surface area contributed by atoms with Crippen LogP contribution in [0.1, 0.15) is 31.2 Å². The van der Waals surface area contributed by atoms with E-state index in [1.807, 2.05) is 24.5 Å². The molecule has 2 atom stereocenters. The van der Waals surface area contributed by atoms with Gasteiger partial charge in [0.05, 0.1) is 13.2 Å². The number of nitrogens with two attached hydrogens (primary N) is 1. The minimum Gasteiger partial charge on any atom is -0.376 e. The maximum absolute atomic E-state index is 5.81. The van der Waals surface area contributed by atoms with Gasteiger partial charge in [-0.15, -0.1) is 0 Å². The van der Waals surface area contributed by atoms with Gasteiger partial charge in [0.2, 0.25) is 0 Å². The van der Waals surface area contributed by atoms with Crippen molar-refractivity contribution in [1.29, 1.82) is 0 Å². The maximum Gasteiger partial charge on any atom is 0.0718 e. The van der Waals surface area contributed by atoms with Crippen molar-refractivity contribution < 1.29 is 4.74 Å². The second kappa shape index (κ2) is 6.72. The number of ether oxygens (including phenoxy) is 1. The first-order valence-electron chi connectivity index (χ1n) is 6.57. The molecule has 17 heavy (non-hydrogen) atoms. The highest BCUT2D eigenvalue weighted by Gasteiger charge is 2.23. The number of aromatic nitrogens is 1. The van der Waals surface area contributed by atoms with E-state index in [9.17, 15) is 0 Å². The van der Waals surface area contributed by atoms with Crippen molar-refractivity contribution >= 4 is 0 Å². The van der Waals surface area contributed by atoms with E-state index in [-0.39, 0.29) is 0 Å². The van der Waals surface area contributed by atoms with Crippen LogP contribution in [0.3, 0.4) is 0 Å². The van der Waals surface area contributed by atoms with Gasteiger partial charge in [0, 0.05) is 12.4 Å². The topological polar surface area (TPSA) is 48.1 Å². The van der Waals surface area contributed by atoms with Gasteiger partial charge in [-0.25, -0.2) is 0 Å². The molecule has 94 valence electrons. The summed E-state index contributed by atoms with van der Waals surface area (Å²) < 4.78 is 5.81. The Morgan fingerprint density at radius 3 is 2.59 bits per heavy atom. The molecule has 2 unspecified atom stereocenters. The fourth-order valence-electron chi connectivity index (χ4n) is 2.62. The van der Waals surface area contributed by atoms with Crippen LogP contribution in [0.5, 0.6) is 0 Å². The van der Waals surface area contributed by atoms with Gasteiger partial charge in [0.15, 0.2) is 0 Å². The van der Waals surface area contributed by atoms with E-state index in [1.54, 1.807) is 0 Å². The van der Waals surface area contributed by atoms with Gasteiger partial charge < -0.3 is 10.5 Å². The van der Waals surface area contributed by atoms with Crippen molar-refractivity contribution in [2.24, 2.45) is 17.6 Å². The zero-order valence-electron chi connectivity index (χ0n) is 10.3. The van der Waals surface area contributed by atoms with Crippen LogP contribution in [0.15, 0.2) is 24.5 Å². The fourth-order valence-corrected chi connectivity index (χ4v) is 2.62. The summed E-state index contributed by atoms with van der Waals surface area (Å²) in [4.78, 5) is 4.00. The summed E-state index contributed by atoms with van der Waals surface area (Å²) >= 11 is 0. The predicted molar refractivity (Wildman–Crippen MR) is 68.4 cm³/mol. The molecule has 0 amide bonds. The number of pyridine rings is 1. The summed E-state index contributed by atoms with van der Waals surface area (Å²) in [5.41, 5.74) is 7.01. The summed E-state index contributed by atoms with van der Waals surface area (Å²) in [6, 6.07) is 4.00. The SMILES string of the molecule is NCC1CCCCC1COCc1ccncc1. The van der Waals surface area contributed by atoms with Crippen LogP contribution in [0.2, 0.25) is 0 Å². The maximum atomic E-state index is 5.81. The van der Waals surface area contributed by atoms with E-state index in [1.165, 1.54) is 31.2 Å². The third-order valence-electron chi connectivity index (χ3n) is 3.72. The molecule has 1 aliphatic rings. The van der Waals surface area contributed by atoms with Gasteiger partial charge in [-0.1, -0.05) is 12.8 Å². The summed E-state index contributed by atoms with van der Waals surface area (Å²) in [5.74, 6) is 1.33. The highest BCUT2D eigenvalue weighted by Crippen LogP contribution is 2.29. The Hall–Kier alpha value is -0.930. The fraction of sp³-hybridized carbons (Fsp3) is 0.643. The zero-order valence-corrected chi connectivity index (χ0v) is 10.3. The lowest BCUT2D eigenvalue weighted by Crippen LogP contribution is -2.29. The van der Waals surface area contributed by atoms with Crippen LogP contribution in [0.25, 0.3) is 0 Å². The van der Waals surface area contributed by atoms with E-state index in [2.05, 4.69) is 4.98 Å². The van der Waals surface area contributed by atoms with Crippen LogP contribution in [0.4, 0.5) is 0 Å². The second-order valence-electron chi connectivity index (χ2n) is 4.91. The molecular weight excluding hydrogens is 212 g/mol. The summed E-state index contributed by atoms with van der Waals surface area (Å²) in [7, 11) is 0. The molecule has 1 heterocycles. The molecule has 1 fully saturated rings. The van der Waals surface area contributed by atoms with E-state index < -0.39 is 0 Å². The highest BCUT2D eigenvalue weighted by atomic mass is 16.5. The van der Waals surface area contributed by atoms with E-state index >= 15 is 0 Å². The molecule has 2 N–H and O–H groups in total. The smallest absolute Gasteiger partial charge is 0.0718 e. The average molecular weight is 234 g/mol. The van der Waals surface area contributed by atoms with Crippen LogP contribution < -0.4 is 5.73 Å². The quantitative estimate of drug-likeness (QED) is 0.850. The number of hydrogen-bond donors (Lipinski definition) is 1. The molecule has 0 radical (unpaired) electrons. The van der Waals surface area contributed by atoms with E-state index in [4.69, 9.17) is 10.5 Å². The first-order valence-corrected chi connectivity index (χ1v) is 6.57. The Balaban J connectivity index is 1.74. The number of nitrogens with zero attached hydrogens (tertiary/aromatic N) is 1. The van der Waals surface area contributed by atoms with Crippen molar-refractivity contribution in [3.8, 4) is 0 Å². The highest BCUT2D eigenvalue weighted by molar-refractivity contribution is 5.07. The lowest BCUT2D eigenvalue weighted by molar-refractivity contribution is 0.0512. The molecule has 3 heteroatoms. The number of rotatable bonds is 5. The molecule has 0 aromatic carbocycles. The number of hydrogen-bond acceptors (Lipinski definition) is 3. The molecule has 0 spiro atoms.